The number of hydrogen-bond acceptors (Lipinski definition) is 4. The van der Waals surface area contributed by atoms with Crippen molar-refractivity contribution in [1.29, 1.82) is 0 Å². The Bertz CT molecular complexity index is 507. The second-order valence-electron chi connectivity index (χ2n) is 6.22. The molecule has 0 aliphatic heterocycles. The minimum atomic E-state index is -0.665. The van der Waals surface area contributed by atoms with Gasteiger partial charge in [0, 0.05) is 11.7 Å². The maximum atomic E-state index is 12.2. The zero-order chi connectivity index (χ0) is 14.2. The molecule has 1 fully saturated rings. The molecule has 2 aliphatic rings. The van der Waals surface area contributed by atoms with Gasteiger partial charge in [0.2, 0.25) is 0 Å². The van der Waals surface area contributed by atoms with E-state index in [0.717, 1.165) is 25.7 Å². The number of carbonyl (C=O) groups excluding carboxylic acids is 1. The van der Waals surface area contributed by atoms with Crippen molar-refractivity contribution < 1.29 is 9.53 Å². The first-order chi connectivity index (χ1) is 9.62. The van der Waals surface area contributed by atoms with Crippen LogP contribution < -0.4 is 5.32 Å². The van der Waals surface area contributed by atoms with E-state index in [9.17, 15) is 4.79 Å². The highest BCUT2D eigenvalue weighted by molar-refractivity contribution is 5.80. The number of aromatic nitrogens is 2. The molecule has 0 saturated heterocycles. The van der Waals surface area contributed by atoms with Crippen molar-refractivity contribution in [3.63, 3.8) is 0 Å². The smallest absolute Gasteiger partial charge is 0.327 e. The lowest BCUT2D eigenvalue weighted by Crippen LogP contribution is -2.54. The zero-order valence-corrected chi connectivity index (χ0v) is 12.3. The highest BCUT2D eigenvalue weighted by Gasteiger charge is 2.40. The van der Waals surface area contributed by atoms with Crippen molar-refractivity contribution in [3.8, 4) is 0 Å². The number of rotatable bonds is 5. The van der Waals surface area contributed by atoms with E-state index in [1.54, 1.807) is 0 Å². The lowest BCUT2D eigenvalue weighted by Gasteiger charge is -2.29. The van der Waals surface area contributed by atoms with Crippen LogP contribution in [0.1, 0.15) is 44.0 Å². The van der Waals surface area contributed by atoms with Gasteiger partial charge in [0.1, 0.15) is 5.54 Å². The summed E-state index contributed by atoms with van der Waals surface area (Å²) < 4.78 is 7.14. The van der Waals surface area contributed by atoms with Gasteiger partial charge in [-0.3, -0.25) is 5.32 Å². The summed E-state index contributed by atoms with van der Waals surface area (Å²) >= 11 is 0. The quantitative estimate of drug-likeness (QED) is 0.828. The summed E-state index contributed by atoms with van der Waals surface area (Å²) in [7, 11) is 1.46. The average molecular weight is 277 g/mol. The largest absolute Gasteiger partial charge is 0.468 e. The molecule has 0 radical (unpaired) electrons. The second-order valence-corrected chi connectivity index (χ2v) is 6.22. The third kappa shape index (κ3) is 2.59. The van der Waals surface area contributed by atoms with Crippen molar-refractivity contribution >= 4 is 5.97 Å². The predicted octanol–water partition coefficient (Wildman–Crippen LogP) is 1.45. The standard InChI is InChI=1S/C15H23N3O2/c1-15(14(19)20-2,17-11-7-8-11)9-18-10-16-12-5-3-4-6-13(12)18/h10-11,17H,3-9H2,1-2H3. The lowest BCUT2D eigenvalue weighted by molar-refractivity contribution is -0.148. The molecule has 1 N–H and O–H groups in total. The van der Waals surface area contributed by atoms with Crippen LogP contribution in [0.4, 0.5) is 0 Å². The van der Waals surface area contributed by atoms with E-state index in [1.807, 2.05) is 13.3 Å². The molecule has 1 atom stereocenters. The Balaban J connectivity index is 1.81. The van der Waals surface area contributed by atoms with Crippen LogP contribution in [0.25, 0.3) is 0 Å². The number of carbonyl (C=O) groups is 1. The fraction of sp³-hybridized carbons (Fsp3) is 0.733. The SMILES string of the molecule is COC(=O)C(C)(Cn1cnc2c1CCCC2)NC1CC1. The molecule has 3 rings (SSSR count). The summed E-state index contributed by atoms with van der Waals surface area (Å²) in [5, 5.41) is 3.44. The minimum Gasteiger partial charge on any atom is -0.468 e. The number of ether oxygens (including phenoxy) is 1. The van der Waals surface area contributed by atoms with Crippen LogP contribution in [0.3, 0.4) is 0 Å². The summed E-state index contributed by atoms with van der Waals surface area (Å²) in [6.45, 7) is 2.53. The van der Waals surface area contributed by atoms with Gasteiger partial charge in [-0.1, -0.05) is 0 Å². The van der Waals surface area contributed by atoms with Gasteiger partial charge in [-0.15, -0.1) is 0 Å². The van der Waals surface area contributed by atoms with Crippen molar-refractivity contribution in [2.45, 2.75) is 63.6 Å². The van der Waals surface area contributed by atoms with Crippen LogP contribution >= 0.6 is 0 Å². The molecule has 0 aromatic carbocycles. The minimum absolute atomic E-state index is 0.192. The number of hydrogen-bond donors (Lipinski definition) is 1. The van der Waals surface area contributed by atoms with Gasteiger partial charge in [0.25, 0.3) is 0 Å². The fourth-order valence-corrected chi connectivity index (χ4v) is 3.08. The van der Waals surface area contributed by atoms with E-state index < -0.39 is 5.54 Å². The van der Waals surface area contributed by atoms with Gasteiger partial charge in [-0.2, -0.15) is 0 Å². The Morgan fingerprint density at radius 3 is 2.95 bits per heavy atom. The van der Waals surface area contributed by atoms with Gasteiger partial charge >= 0.3 is 5.97 Å². The molecule has 1 heterocycles. The molecule has 1 saturated carbocycles. The maximum absolute atomic E-state index is 12.2. The molecule has 2 aliphatic carbocycles. The summed E-state index contributed by atoms with van der Waals surface area (Å²) in [6, 6.07) is 0.457. The molecule has 5 heteroatoms. The molecule has 0 bridgehead atoms. The third-order valence-corrected chi connectivity index (χ3v) is 4.33. The zero-order valence-electron chi connectivity index (χ0n) is 12.3. The first-order valence-corrected chi connectivity index (χ1v) is 7.51. The van der Waals surface area contributed by atoms with E-state index in [2.05, 4.69) is 14.9 Å². The fourth-order valence-electron chi connectivity index (χ4n) is 3.08. The predicted molar refractivity (Wildman–Crippen MR) is 75.4 cm³/mol. The summed E-state index contributed by atoms with van der Waals surface area (Å²) in [6.07, 6.45) is 8.74. The highest BCUT2D eigenvalue weighted by Crippen LogP contribution is 2.26. The van der Waals surface area contributed by atoms with Gasteiger partial charge in [0.15, 0.2) is 0 Å². The van der Waals surface area contributed by atoms with Crippen LogP contribution in [0.15, 0.2) is 6.33 Å². The molecule has 1 aromatic rings. The molecule has 0 amide bonds. The Morgan fingerprint density at radius 1 is 1.50 bits per heavy atom. The topological polar surface area (TPSA) is 56.2 Å². The van der Waals surface area contributed by atoms with Crippen LogP contribution in [-0.2, 0) is 28.9 Å². The van der Waals surface area contributed by atoms with Crippen molar-refractivity contribution in [2.24, 2.45) is 0 Å². The second kappa shape index (κ2) is 5.20. The Morgan fingerprint density at radius 2 is 2.25 bits per heavy atom. The van der Waals surface area contributed by atoms with Crippen LogP contribution in [0.2, 0.25) is 0 Å². The molecule has 0 spiro atoms. The van der Waals surface area contributed by atoms with E-state index in [-0.39, 0.29) is 5.97 Å². The van der Waals surface area contributed by atoms with Gasteiger partial charge in [-0.05, 0) is 45.4 Å². The summed E-state index contributed by atoms with van der Waals surface area (Å²) in [5.41, 5.74) is 1.83. The highest BCUT2D eigenvalue weighted by atomic mass is 16.5. The molecule has 5 nitrogen and oxygen atoms in total. The van der Waals surface area contributed by atoms with E-state index in [0.29, 0.717) is 12.6 Å². The number of esters is 1. The molecule has 110 valence electrons. The summed E-state index contributed by atoms with van der Waals surface area (Å²) in [4.78, 5) is 16.7. The summed E-state index contributed by atoms with van der Waals surface area (Å²) in [5.74, 6) is -0.192. The average Bonchev–Trinajstić information content (AvgIpc) is 3.18. The molecule has 1 unspecified atom stereocenters. The van der Waals surface area contributed by atoms with Gasteiger partial charge in [-0.25, -0.2) is 9.78 Å². The number of fused-ring (bicyclic) bond motifs is 1. The first-order valence-electron chi connectivity index (χ1n) is 7.51. The normalized spacial score (nSPS) is 21.1. The van der Waals surface area contributed by atoms with E-state index in [4.69, 9.17) is 4.74 Å². The number of aryl methyl sites for hydroxylation is 1. The molecule has 1 aromatic heterocycles. The van der Waals surface area contributed by atoms with Crippen LogP contribution in [0, 0.1) is 0 Å². The van der Waals surface area contributed by atoms with Crippen molar-refractivity contribution in [1.82, 2.24) is 14.9 Å². The van der Waals surface area contributed by atoms with Crippen molar-refractivity contribution in [3.05, 3.63) is 17.7 Å². The Hall–Kier alpha value is -1.36. The van der Waals surface area contributed by atoms with Crippen LogP contribution in [-0.4, -0.2) is 34.2 Å². The first kappa shape index (κ1) is 13.6. The lowest BCUT2D eigenvalue weighted by atomic mass is 9.99. The number of nitrogens with zero attached hydrogens (tertiary/aromatic N) is 2. The Kier molecular flexibility index (Phi) is 3.54. The maximum Gasteiger partial charge on any atom is 0.327 e. The number of nitrogens with one attached hydrogen (secondary N) is 1. The van der Waals surface area contributed by atoms with E-state index >= 15 is 0 Å². The number of imidazole rings is 1. The molecule has 20 heavy (non-hydrogen) atoms. The third-order valence-electron chi connectivity index (χ3n) is 4.33. The van der Waals surface area contributed by atoms with Crippen LogP contribution in [0.5, 0.6) is 0 Å². The van der Waals surface area contributed by atoms with Gasteiger partial charge < -0.3 is 9.30 Å². The monoisotopic (exact) mass is 277 g/mol. The Labute approximate surface area is 119 Å². The van der Waals surface area contributed by atoms with Crippen molar-refractivity contribution in [2.75, 3.05) is 7.11 Å². The van der Waals surface area contributed by atoms with Gasteiger partial charge in [0.05, 0.1) is 25.7 Å². The number of methoxy groups -OCH3 is 1. The van der Waals surface area contributed by atoms with E-state index in [1.165, 1.54) is 31.3 Å². The molecular weight excluding hydrogens is 254 g/mol. The molecular formula is C15H23N3O2.